The summed E-state index contributed by atoms with van der Waals surface area (Å²) in [6, 6.07) is 20.7. The van der Waals surface area contributed by atoms with Gasteiger partial charge in [0.05, 0.1) is 0 Å². The molecule has 0 fully saturated rings. The summed E-state index contributed by atoms with van der Waals surface area (Å²) in [5.41, 5.74) is 3.29. The van der Waals surface area contributed by atoms with Crippen LogP contribution in [0.1, 0.15) is 53.6 Å². The van der Waals surface area contributed by atoms with E-state index in [1.54, 1.807) is 75.4 Å². The molecule has 1 atom stereocenters. The van der Waals surface area contributed by atoms with E-state index in [9.17, 15) is 23.9 Å². The van der Waals surface area contributed by atoms with Crippen LogP contribution in [-0.2, 0) is 16.0 Å². The van der Waals surface area contributed by atoms with Gasteiger partial charge >= 0.3 is 12.1 Å². The number of aryl methyl sites for hydroxylation is 1. The molecule has 8 nitrogen and oxygen atoms in total. The van der Waals surface area contributed by atoms with Crippen LogP contribution in [0.15, 0.2) is 83.3 Å². The number of rotatable bonds is 9. The van der Waals surface area contributed by atoms with Crippen LogP contribution in [0.2, 0.25) is 0 Å². The third-order valence-corrected chi connectivity index (χ3v) is 6.29. The van der Waals surface area contributed by atoms with Gasteiger partial charge in [-0.05, 0) is 69.2 Å². The van der Waals surface area contributed by atoms with E-state index in [1.165, 1.54) is 12.1 Å². The van der Waals surface area contributed by atoms with E-state index in [0.717, 1.165) is 16.7 Å². The summed E-state index contributed by atoms with van der Waals surface area (Å²) in [6.45, 7) is 7.29. The first-order valence-corrected chi connectivity index (χ1v) is 13.6. The molecule has 0 spiro atoms. The Labute approximate surface area is 249 Å². The number of carbonyl (C=O) groups excluding carboxylic acids is 2. The van der Waals surface area contributed by atoms with E-state index in [-0.39, 0.29) is 12.2 Å². The lowest BCUT2D eigenvalue weighted by molar-refractivity contribution is -0.139. The molecule has 0 aliphatic heterocycles. The van der Waals surface area contributed by atoms with Gasteiger partial charge in [-0.15, -0.1) is 0 Å². The standard InChI is InChI=1S/C34H33FN2O6/c1-21-5-11-25(12-6-21)29-17-18-30(42-29)31(38)37-28(32(39)40)20-23-8-14-24(27(35)19-23)13-7-22-9-15-26(16-10-22)36-33(41)43-34(2,3)4/h5-19,28H,20H2,1-4H3,(H,36,41)(H,37,38)(H,39,40)/b13-7+. The molecule has 2 amide bonds. The first-order chi connectivity index (χ1) is 20.4. The molecule has 3 aromatic carbocycles. The number of nitrogens with one attached hydrogen (secondary N) is 2. The topological polar surface area (TPSA) is 118 Å². The summed E-state index contributed by atoms with van der Waals surface area (Å²) in [6.07, 6.45) is 2.62. The second-order valence-electron chi connectivity index (χ2n) is 11.0. The van der Waals surface area contributed by atoms with Crippen molar-refractivity contribution >= 4 is 35.8 Å². The molecule has 1 aromatic heterocycles. The van der Waals surface area contributed by atoms with Gasteiger partial charge in [-0.2, -0.15) is 0 Å². The maximum atomic E-state index is 14.9. The predicted molar refractivity (Wildman–Crippen MR) is 163 cm³/mol. The van der Waals surface area contributed by atoms with Crippen LogP contribution in [-0.4, -0.2) is 34.7 Å². The average Bonchev–Trinajstić information content (AvgIpc) is 3.43. The first-order valence-electron chi connectivity index (χ1n) is 13.6. The van der Waals surface area contributed by atoms with Crippen LogP contribution in [0.3, 0.4) is 0 Å². The third kappa shape index (κ3) is 8.90. The fourth-order valence-corrected chi connectivity index (χ4v) is 4.12. The van der Waals surface area contributed by atoms with Crippen LogP contribution in [0.25, 0.3) is 23.5 Å². The minimum Gasteiger partial charge on any atom is -0.480 e. The second kappa shape index (κ2) is 13.2. The maximum absolute atomic E-state index is 14.9. The van der Waals surface area contributed by atoms with Crippen LogP contribution in [0.4, 0.5) is 14.9 Å². The molecular weight excluding hydrogens is 551 g/mol. The highest BCUT2D eigenvalue weighted by atomic mass is 19.1. The Balaban J connectivity index is 1.36. The summed E-state index contributed by atoms with van der Waals surface area (Å²) in [5.74, 6) is -2.02. The average molecular weight is 585 g/mol. The fourth-order valence-electron chi connectivity index (χ4n) is 4.12. The first kappa shape index (κ1) is 30.8. The van der Waals surface area contributed by atoms with Crippen LogP contribution >= 0.6 is 0 Å². The Morgan fingerprint density at radius 1 is 0.953 bits per heavy atom. The van der Waals surface area contributed by atoms with Crippen LogP contribution in [0, 0.1) is 12.7 Å². The van der Waals surface area contributed by atoms with Gasteiger partial charge in [0.15, 0.2) is 5.76 Å². The summed E-state index contributed by atoms with van der Waals surface area (Å²) < 4.78 is 25.8. The number of carboxylic acids is 1. The number of carboxylic acid groups (broad SMARTS) is 1. The minimum atomic E-state index is -1.30. The van der Waals surface area contributed by atoms with E-state index >= 15 is 0 Å². The Kier molecular flexibility index (Phi) is 9.45. The molecule has 1 heterocycles. The molecule has 222 valence electrons. The van der Waals surface area contributed by atoms with Crippen molar-refractivity contribution in [2.75, 3.05) is 5.32 Å². The Bertz CT molecular complexity index is 1630. The predicted octanol–water partition coefficient (Wildman–Crippen LogP) is 7.34. The summed E-state index contributed by atoms with van der Waals surface area (Å²) in [7, 11) is 0. The van der Waals surface area contributed by atoms with Gasteiger partial charge in [0.1, 0.15) is 23.2 Å². The molecule has 43 heavy (non-hydrogen) atoms. The number of aliphatic carboxylic acids is 1. The summed E-state index contributed by atoms with van der Waals surface area (Å²) >= 11 is 0. The smallest absolute Gasteiger partial charge is 0.412 e. The van der Waals surface area contributed by atoms with Crippen molar-refractivity contribution in [2.45, 2.75) is 45.8 Å². The Morgan fingerprint density at radius 3 is 2.28 bits per heavy atom. The van der Waals surface area contributed by atoms with E-state index in [4.69, 9.17) is 9.15 Å². The molecule has 0 radical (unpaired) electrons. The normalized spacial score (nSPS) is 12.1. The molecule has 0 aliphatic rings. The number of furan rings is 1. The van der Waals surface area contributed by atoms with Gasteiger partial charge in [-0.3, -0.25) is 10.1 Å². The largest absolute Gasteiger partial charge is 0.480 e. The number of hydrogen-bond donors (Lipinski definition) is 3. The number of ether oxygens (including phenoxy) is 1. The van der Waals surface area contributed by atoms with Crippen molar-refractivity contribution in [1.82, 2.24) is 5.32 Å². The zero-order chi connectivity index (χ0) is 31.1. The van der Waals surface area contributed by atoms with E-state index < -0.39 is 35.4 Å². The van der Waals surface area contributed by atoms with Crippen molar-refractivity contribution in [1.29, 1.82) is 0 Å². The quantitative estimate of drug-likeness (QED) is 0.177. The Hall–Kier alpha value is -5.18. The number of anilines is 1. The monoisotopic (exact) mass is 584 g/mol. The SMILES string of the molecule is Cc1ccc(-c2ccc(C(=O)NC(Cc3ccc(/C=C/c4ccc(NC(=O)OC(C)(C)C)cc4)c(F)c3)C(=O)O)o2)cc1. The van der Waals surface area contributed by atoms with Crippen molar-refractivity contribution in [3.63, 3.8) is 0 Å². The van der Waals surface area contributed by atoms with E-state index in [2.05, 4.69) is 10.6 Å². The highest BCUT2D eigenvalue weighted by Gasteiger charge is 2.23. The van der Waals surface area contributed by atoms with Gasteiger partial charge in [0.2, 0.25) is 0 Å². The minimum absolute atomic E-state index is 0.0258. The van der Waals surface area contributed by atoms with E-state index in [1.807, 2.05) is 31.2 Å². The van der Waals surface area contributed by atoms with Crippen molar-refractivity contribution < 1.29 is 33.0 Å². The van der Waals surface area contributed by atoms with Crippen LogP contribution < -0.4 is 10.6 Å². The number of benzene rings is 3. The lowest BCUT2D eigenvalue weighted by Gasteiger charge is -2.19. The molecule has 0 aliphatic carbocycles. The molecule has 9 heteroatoms. The lowest BCUT2D eigenvalue weighted by Crippen LogP contribution is -2.42. The van der Waals surface area contributed by atoms with Crippen molar-refractivity contribution in [2.24, 2.45) is 0 Å². The molecule has 4 aromatic rings. The van der Waals surface area contributed by atoms with Crippen molar-refractivity contribution in [3.05, 3.63) is 113 Å². The highest BCUT2D eigenvalue weighted by Crippen LogP contribution is 2.23. The van der Waals surface area contributed by atoms with Crippen molar-refractivity contribution in [3.8, 4) is 11.3 Å². The number of carbonyl (C=O) groups is 3. The second-order valence-corrected chi connectivity index (χ2v) is 11.0. The number of halogens is 1. The zero-order valence-electron chi connectivity index (χ0n) is 24.3. The van der Waals surface area contributed by atoms with Gasteiger partial charge < -0.3 is 19.6 Å². The van der Waals surface area contributed by atoms with E-state index in [0.29, 0.717) is 22.6 Å². The molecule has 4 rings (SSSR count). The number of hydrogen-bond acceptors (Lipinski definition) is 5. The summed E-state index contributed by atoms with van der Waals surface area (Å²) in [5, 5.41) is 14.8. The lowest BCUT2D eigenvalue weighted by atomic mass is 10.0. The summed E-state index contributed by atoms with van der Waals surface area (Å²) in [4.78, 5) is 36.6. The molecular formula is C34H33FN2O6. The highest BCUT2D eigenvalue weighted by molar-refractivity contribution is 5.95. The maximum Gasteiger partial charge on any atom is 0.412 e. The molecule has 3 N–H and O–H groups in total. The number of amides is 2. The van der Waals surface area contributed by atoms with Gasteiger partial charge in [-0.1, -0.05) is 66.2 Å². The van der Waals surface area contributed by atoms with Gasteiger partial charge in [-0.25, -0.2) is 14.0 Å². The molecule has 0 saturated carbocycles. The van der Waals surface area contributed by atoms with Crippen LogP contribution in [0.5, 0.6) is 0 Å². The van der Waals surface area contributed by atoms with Gasteiger partial charge in [0.25, 0.3) is 5.91 Å². The fraction of sp³-hybridized carbons (Fsp3) is 0.206. The molecule has 1 unspecified atom stereocenters. The van der Waals surface area contributed by atoms with Gasteiger partial charge in [0, 0.05) is 23.2 Å². The third-order valence-electron chi connectivity index (χ3n) is 6.29. The zero-order valence-corrected chi connectivity index (χ0v) is 24.3. The molecule has 0 saturated heterocycles. The molecule has 0 bridgehead atoms. The Morgan fingerprint density at radius 2 is 1.65 bits per heavy atom.